The molecule has 132 valence electrons. The fourth-order valence-electron chi connectivity index (χ4n) is 2.22. The van der Waals surface area contributed by atoms with Crippen LogP contribution in [0.3, 0.4) is 0 Å². The van der Waals surface area contributed by atoms with Gasteiger partial charge in [0, 0.05) is 18.7 Å². The van der Waals surface area contributed by atoms with E-state index >= 15 is 0 Å². The Bertz CT molecular complexity index is 760. The Morgan fingerprint density at radius 1 is 1.24 bits per heavy atom. The second-order valence-electron chi connectivity index (χ2n) is 5.74. The van der Waals surface area contributed by atoms with Crippen molar-refractivity contribution in [3.8, 4) is 5.75 Å². The Morgan fingerprint density at radius 2 is 1.92 bits per heavy atom. The molecule has 0 saturated heterocycles. The van der Waals surface area contributed by atoms with Gasteiger partial charge < -0.3 is 10.1 Å². The number of hydrogen-bond acceptors (Lipinski definition) is 4. The van der Waals surface area contributed by atoms with Crippen molar-refractivity contribution in [3.63, 3.8) is 0 Å². The number of nitro groups is 1. The van der Waals surface area contributed by atoms with Gasteiger partial charge in [0.05, 0.1) is 21.6 Å². The predicted molar refractivity (Wildman–Crippen MR) is 96.3 cm³/mol. The summed E-state index contributed by atoms with van der Waals surface area (Å²) in [5, 5.41) is 13.5. The third-order valence-electron chi connectivity index (χ3n) is 3.40. The number of amides is 1. The van der Waals surface area contributed by atoms with Crippen LogP contribution in [0, 0.1) is 10.1 Å². The first-order chi connectivity index (χ1) is 11.9. The average molecular weight is 363 g/mol. The summed E-state index contributed by atoms with van der Waals surface area (Å²) in [7, 11) is 0. The molecule has 2 aromatic carbocycles. The van der Waals surface area contributed by atoms with Crippen molar-refractivity contribution >= 4 is 23.2 Å². The lowest BCUT2D eigenvalue weighted by Crippen LogP contribution is -2.26. The zero-order valence-corrected chi connectivity index (χ0v) is 14.7. The molecule has 6 nitrogen and oxygen atoms in total. The molecule has 0 atom stereocenters. The number of ether oxygens (including phenoxy) is 1. The van der Waals surface area contributed by atoms with E-state index in [1.165, 1.54) is 18.2 Å². The van der Waals surface area contributed by atoms with Crippen molar-refractivity contribution in [2.24, 2.45) is 0 Å². The van der Waals surface area contributed by atoms with Crippen molar-refractivity contribution < 1.29 is 14.5 Å². The Balaban J connectivity index is 1.89. The SMILES string of the molecule is CC(C)Oc1ccc(CCNC(=O)c2ccc([N+](=O)[O-])cc2Cl)cc1. The molecule has 0 saturated carbocycles. The van der Waals surface area contributed by atoms with Gasteiger partial charge in [0.15, 0.2) is 0 Å². The molecule has 2 rings (SSSR count). The first kappa shape index (κ1) is 18.7. The highest BCUT2D eigenvalue weighted by molar-refractivity contribution is 6.34. The van der Waals surface area contributed by atoms with Crippen LogP contribution in [-0.4, -0.2) is 23.5 Å². The second kappa shape index (κ2) is 8.48. The lowest BCUT2D eigenvalue weighted by molar-refractivity contribution is -0.384. The number of nitrogens with zero attached hydrogens (tertiary/aromatic N) is 1. The van der Waals surface area contributed by atoms with E-state index in [2.05, 4.69) is 5.32 Å². The van der Waals surface area contributed by atoms with E-state index in [1.807, 2.05) is 38.1 Å². The van der Waals surface area contributed by atoms with Gasteiger partial charge in [-0.3, -0.25) is 14.9 Å². The van der Waals surface area contributed by atoms with Crippen LogP contribution in [-0.2, 0) is 6.42 Å². The van der Waals surface area contributed by atoms with Gasteiger partial charge in [-0.1, -0.05) is 23.7 Å². The van der Waals surface area contributed by atoms with Gasteiger partial charge in [-0.05, 0) is 44.0 Å². The highest BCUT2D eigenvalue weighted by Gasteiger charge is 2.14. The summed E-state index contributed by atoms with van der Waals surface area (Å²) in [5.41, 5.74) is 1.13. The summed E-state index contributed by atoms with van der Waals surface area (Å²) in [5.74, 6) is 0.445. The molecule has 0 bridgehead atoms. The molecule has 0 aliphatic carbocycles. The number of benzene rings is 2. The predicted octanol–water partition coefficient (Wildman–Crippen LogP) is 4.01. The number of hydrogen-bond donors (Lipinski definition) is 1. The van der Waals surface area contributed by atoms with Crippen molar-refractivity contribution in [3.05, 3.63) is 68.7 Å². The molecular formula is C18H19ClN2O4. The summed E-state index contributed by atoms with van der Waals surface area (Å²) in [6, 6.07) is 11.5. The van der Waals surface area contributed by atoms with Crippen molar-refractivity contribution in [1.82, 2.24) is 5.32 Å². The third-order valence-corrected chi connectivity index (χ3v) is 3.72. The summed E-state index contributed by atoms with van der Waals surface area (Å²) in [4.78, 5) is 22.3. The van der Waals surface area contributed by atoms with Crippen LogP contribution in [0.4, 0.5) is 5.69 Å². The van der Waals surface area contributed by atoms with Gasteiger partial charge in [0.1, 0.15) is 5.75 Å². The third kappa shape index (κ3) is 5.46. The largest absolute Gasteiger partial charge is 0.491 e. The van der Waals surface area contributed by atoms with Crippen LogP contribution in [0.25, 0.3) is 0 Å². The molecular weight excluding hydrogens is 344 g/mol. The normalized spacial score (nSPS) is 10.6. The minimum atomic E-state index is -0.555. The molecule has 2 aromatic rings. The Labute approximate surface area is 150 Å². The molecule has 7 heteroatoms. The quantitative estimate of drug-likeness (QED) is 0.596. The maximum atomic E-state index is 12.1. The lowest BCUT2D eigenvalue weighted by Gasteiger charge is -2.10. The standard InChI is InChI=1S/C18H19ClN2O4/c1-12(2)25-15-6-3-13(4-7-15)9-10-20-18(22)16-8-5-14(21(23)24)11-17(16)19/h3-8,11-12H,9-10H2,1-2H3,(H,20,22). The molecule has 1 amide bonds. The van der Waals surface area contributed by atoms with Crippen LogP contribution < -0.4 is 10.1 Å². The van der Waals surface area contributed by atoms with Crippen LogP contribution in [0.15, 0.2) is 42.5 Å². The molecule has 0 radical (unpaired) electrons. The van der Waals surface area contributed by atoms with Crippen LogP contribution in [0.2, 0.25) is 5.02 Å². The van der Waals surface area contributed by atoms with E-state index in [0.29, 0.717) is 13.0 Å². The smallest absolute Gasteiger partial charge is 0.270 e. The zero-order valence-electron chi connectivity index (χ0n) is 14.0. The summed E-state index contributed by atoms with van der Waals surface area (Å²) in [6.45, 7) is 4.36. The number of halogens is 1. The van der Waals surface area contributed by atoms with Crippen LogP contribution in [0.5, 0.6) is 5.75 Å². The number of carbonyl (C=O) groups excluding carboxylic acids is 1. The van der Waals surface area contributed by atoms with Gasteiger partial charge in [-0.15, -0.1) is 0 Å². The van der Waals surface area contributed by atoms with E-state index in [-0.39, 0.29) is 28.3 Å². The molecule has 0 aliphatic rings. The highest BCUT2D eigenvalue weighted by Crippen LogP contribution is 2.22. The maximum Gasteiger partial charge on any atom is 0.270 e. The van der Waals surface area contributed by atoms with Crippen LogP contribution in [0.1, 0.15) is 29.8 Å². The van der Waals surface area contributed by atoms with Gasteiger partial charge in [0.25, 0.3) is 11.6 Å². The summed E-state index contributed by atoms with van der Waals surface area (Å²) in [6.07, 6.45) is 0.773. The van der Waals surface area contributed by atoms with E-state index < -0.39 is 4.92 Å². The molecule has 0 fully saturated rings. The van der Waals surface area contributed by atoms with Gasteiger partial charge in [0.2, 0.25) is 0 Å². The fraction of sp³-hybridized carbons (Fsp3) is 0.278. The van der Waals surface area contributed by atoms with E-state index in [9.17, 15) is 14.9 Å². The Hall–Kier alpha value is -2.60. The Kier molecular flexibility index (Phi) is 6.36. The zero-order chi connectivity index (χ0) is 18.4. The minimum Gasteiger partial charge on any atom is -0.491 e. The monoisotopic (exact) mass is 362 g/mol. The first-order valence-electron chi connectivity index (χ1n) is 7.84. The second-order valence-corrected chi connectivity index (χ2v) is 6.14. The Morgan fingerprint density at radius 3 is 2.48 bits per heavy atom. The molecule has 1 N–H and O–H groups in total. The molecule has 0 spiro atoms. The molecule has 0 aromatic heterocycles. The van der Waals surface area contributed by atoms with Gasteiger partial charge >= 0.3 is 0 Å². The fourth-order valence-corrected chi connectivity index (χ4v) is 2.48. The van der Waals surface area contributed by atoms with Crippen molar-refractivity contribution in [1.29, 1.82) is 0 Å². The van der Waals surface area contributed by atoms with Crippen molar-refractivity contribution in [2.75, 3.05) is 6.54 Å². The summed E-state index contributed by atoms with van der Waals surface area (Å²) >= 11 is 5.94. The molecule has 0 unspecified atom stereocenters. The van der Waals surface area contributed by atoms with E-state index in [4.69, 9.17) is 16.3 Å². The lowest BCUT2D eigenvalue weighted by atomic mass is 10.1. The molecule has 0 aliphatic heterocycles. The molecule has 25 heavy (non-hydrogen) atoms. The number of nitrogens with one attached hydrogen (secondary N) is 1. The number of rotatable bonds is 7. The van der Waals surface area contributed by atoms with Crippen LogP contribution >= 0.6 is 11.6 Å². The first-order valence-corrected chi connectivity index (χ1v) is 8.22. The minimum absolute atomic E-state index is 0.0573. The molecule has 0 heterocycles. The van der Waals surface area contributed by atoms with Gasteiger partial charge in [-0.2, -0.15) is 0 Å². The highest BCUT2D eigenvalue weighted by atomic mass is 35.5. The number of non-ortho nitro benzene ring substituents is 1. The van der Waals surface area contributed by atoms with E-state index in [1.54, 1.807) is 0 Å². The topological polar surface area (TPSA) is 81.5 Å². The number of nitro benzene ring substituents is 1. The summed E-state index contributed by atoms with van der Waals surface area (Å²) < 4.78 is 5.58. The van der Waals surface area contributed by atoms with Gasteiger partial charge in [-0.25, -0.2) is 0 Å². The van der Waals surface area contributed by atoms with Crippen molar-refractivity contribution in [2.45, 2.75) is 26.4 Å². The maximum absolute atomic E-state index is 12.1. The van der Waals surface area contributed by atoms with E-state index in [0.717, 1.165) is 11.3 Å². The number of carbonyl (C=O) groups is 1. The average Bonchev–Trinajstić information content (AvgIpc) is 2.55.